The summed E-state index contributed by atoms with van der Waals surface area (Å²) in [7, 11) is -4.62. The van der Waals surface area contributed by atoms with Gasteiger partial charge in [0.05, 0.1) is 0 Å². The zero-order chi connectivity index (χ0) is 12.5. The molecule has 1 aromatic carbocycles. The van der Waals surface area contributed by atoms with E-state index in [2.05, 4.69) is 0 Å². The topological polar surface area (TPSA) is 54.5 Å². The van der Waals surface area contributed by atoms with E-state index in [1.165, 1.54) is 4.90 Å². The molecule has 1 atom stereocenters. The number of carbonyl (C=O) groups is 1. The molecule has 17 heavy (non-hydrogen) atoms. The maximum absolute atomic E-state index is 12.8. The lowest BCUT2D eigenvalue weighted by atomic mass is 10.2. The summed E-state index contributed by atoms with van der Waals surface area (Å²) in [6, 6.07) is 9.19. The minimum absolute atomic E-state index is 0.0629. The van der Waals surface area contributed by atoms with Gasteiger partial charge >= 0.3 is 10.2 Å². The molecular formula is C11H12FNO3S. The molecule has 1 aliphatic rings. The fourth-order valence-corrected chi connectivity index (χ4v) is 2.58. The van der Waals surface area contributed by atoms with Gasteiger partial charge in [0.15, 0.2) is 0 Å². The van der Waals surface area contributed by atoms with Crippen LogP contribution in [0.1, 0.15) is 12.0 Å². The van der Waals surface area contributed by atoms with Crippen molar-refractivity contribution in [3.63, 3.8) is 0 Å². The lowest BCUT2D eigenvalue weighted by molar-refractivity contribution is -0.128. The molecule has 0 spiro atoms. The van der Waals surface area contributed by atoms with E-state index < -0.39 is 15.5 Å². The van der Waals surface area contributed by atoms with E-state index in [0.29, 0.717) is 6.54 Å². The molecule has 4 nitrogen and oxygen atoms in total. The Morgan fingerprint density at radius 2 is 1.94 bits per heavy atom. The van der Waals surface area contributed by atoms with Crippen molar-refractivity contribution in [3.05, 3.63) is 35.9 Å². The lowest BCUT2D eigenvalue weighted by Gasteiger charge is -2.15. The van der Waals surface area contributed by atoms with Gasteiger partial charge in [0.1, 0.15) is 5.25 Å². The molecule has 1 heterocycles. The largest absolute Gasteiger partial charge is 0.337 e. The molecule has 6 heteroatoms. The van der Waals surface area contributed by atoms with Crippen LogP contribution in [0.15, 0.2) is 30.3 Å². The van der Waals surface area contributed by atoms with Crippen molar-refractivity contribution >= 4 is 16.1 Å². The number of benzene rings is 1. The van der Waals surface area contributed by atoms with Gasteiger partial charge in [0.2, 0.25) is 5.91 Å². The van der Waals surface area contributed by atoms with E-state index in [4.69, 9.17) is 0 Å². The van der Waals surface area contributed by atoms with E-state index in [9.17, 15) is 17.1 Å². The van der Waals surface area contributed by atoms with E-state index in [-0.39, 0.29) is 18.9 Å². The number of hydrogen-bond acceptors (Lipinski definition) is 3. The van der Waals surface area contributed by atoms with Crippen molar-refractivity contribution < 1.29 is 17.1 Å². The number of halogens is 1. The van der Waals surface area contributed by atoms with Crippen LogP contribution in [-0.2, 0) is 21.6 Å². The van der Waals surface area contributed by atoms with Crippen LogP contribution in [0.3, 0.4) is 0 Å². The molecule has 92 valence electrons. The first-order chi connectivity index (χ1) is 7.97. The van der Waals surface area contributed by atoms with Crippen molar-refractivity contribution in [2.45, 2.75) is 18.2 Å². The first-order valence-corrected chi connectivity index (χ1v) is 6.66. The van der Waals surface area contributed by atoms with Crippen molar-refractivity contribution in [2.75, 3.05) is 6.54 Å². The molecule has 0 saturated carbocycles. The first kappa shape index (κ1) is 12.0. The molecular weight excluding hydrogens is 245 g/mol. The summed E-state index contributed by atoms with van der Waals surface area (Å²) in [4.78, 5) is 12.9. The van der Waals surface area contributed by atoms with E-state index in [0.717, 1.165) is 5.56 Å². The second-order valence-corrected chi connectivity index (χ2v) is 5.68. The number of likely N-dealkylation sites (tertiary alicyclic amines) is 1. The molecule has 1 saturated heterocycles. The fourth-order valence-electron chi connectivity index (χ4n) is 1.88. The summed E-state index contributed by atoms with van der Waals surface area (Å²) in [5.74, 6) is -0.319. The predicted molar refractivity (Wildman–Crippen MR) is 60.3 cm³/mol. The SMILES string of the molecule is O=C1CC(S(=O)(=O)F)CN1Cc1ccccc1. The smallest absolute Gasteiger partial charge is 0.307 e. The fraction of sp³-hybridized carbons (Fsp3) is 0.364. The van der Waals surface area contributed by atoms with Gasteiger partial charge in [-0.2, -0.15) is 8.42 Å². The average molecular weight is 257 g/mol. The molecule has 0 aromatic heterocycles. The van der Waals surface area contributed by atoms with Gasteiger partial charge < -0.3 is 4.90 Å². The first-order valence-electron chi connectivity index (χ1n) is 5.22. The third-order valence-corrected chi connectivity index (χ3v) is 3.91. The normalized spacial score (nSPS) is 20.9. The van der Waals surface area contributed by atoms with Crippen LogP contribution in [0, 0.1) is 0 Å². The van der Waals surface area contributed by atoms with Crippen LogP contribution in [-0.4, -0.2) is 31.0 Å². The molecule has 2 rings (SSSR count). The van der Waals surface area contributed by atoms with E-state index >= 15 is 0 Å². The minimum atomic E-state index is -4.62. The monoisotopic (exact) mass is 257 g/mol. The van der Waals surface area contributed by atoms with Gasteiger partial charge in [-0.15, -0.1) is 3.89 Å². The summed E-state index contributed by atoms with van der Waals surface area (Å²) in [5.41, 5.74) is 0.901. The van der Waals surface area contributed by atoms with E-state index in [1.807, 2.05) is 30.3 Å². The molecule has 1 fully saturated rings. The van der Waals surface area contributed by atoms with Crippen molar-refractivity contribution in [1.82, 2.24) is 4.90 Å². The van der Waals surface area contributed by atoms with Crippen LogP contribution in [0.4, 0.5) is 3.89 Å². The number of hydrogen-bond donors (Lipinski definition) is 0. The molecule has 0 aliphatic carbocycles. The Bertz CT molecular complexity index is 515. The highest BCUT2D eigenvalue weighted by Gasteiger charge is 2.38. The summed E-state index contributed by atoms with van der Waals surface area (Å²) < 4.78 is 34.2. The molecule has 0 bridgehead atoms. The second-order valence-electron chi connectivity index (χ2n) is 4.06. The summed E-state index contributed by atoms with van der Waals surface area (Å²) in [5, 5.41) is -1.21. The van der Waals surface area contributed by atoms with Crippen LogP contribution < -0.4 is 0 Å². The number of carbonyl (C=O) groups excluding carboxylic acids is 1. The molecule has 1 amide bonds. The maximum Gasteiger partial charge on any atom is 0.307 e. The van der Waals surface area contributed by atoms with Gasteiger partial charge in [-0.1, -0.05) is 30.3 Å². The lowest BCUT2D eigenvalue weighted by Crippen LogP contribution is -2.26. The Labute approximate surface area is 99.3 Å². The Hall–Kier alpha value is -1.43. The van der Waals surface area contributed by atoms with Crippen molar-refractivity contribution in [1.29, 1.82) is 0 Å². The Morgan fingerprint density at radius 1 is 1.29 bits per heavy atom. The maximum atomic E-state index is 12.8. The molecule has 1 unspecified atom stereocenters. The van der Waals surface area contributed by atoms with Crippen LogP contribution in [0.25, 0.3) is 0 Å². The predicted octanol–water partition coefficient (Wildman–Crippen LogP) is 1.09. The minimum Gasteiger partial charge on any atom is -0.337 e. The zero-order valence-corrected chi connectivity index (χ0v) is 9.86. The third-order valence-electron chi connectivity index (χ3n) is 2.79. The number of rotatable bonds is 3. The highest BCUT2D eigenvalue weighted by molar-refractivity contribution is 7.87. The van der Waals surface area contributed by atoms with Crippen molar-refractivity contribution in [2.24, 2.45) is 0 Å². The molecule has 0 radical (unpaired) electrons. The summed E-state index contributed by atoms with van der Waals surface area (Å²) in [6.07, 6.45) is -0.258. The number of nitrogens with zero attached hydrogens (tertiary/aromatic N) is 1. The second kappa shape index (κ2) is 4.44. The van der Waals surface area contributed by atoms with Gasteiger partial charge in [-0.3, -0.25) is 4.79 Å². The van der Waals surface area contributed by atoms with Gasteiger partial charge in [-0.05, 0) is 5.56 Å². The standard InChI is InChI=1S/C11H12FNO3S/c12-17(15,16)10-6-11(14)13(8-10)7-9-4-2-1-3-5-9/h1-5,10H,6-8H2. The number of amides is 1. The summed E-state index contributed by atoms with van der Waals surface area (Å²) >= 11 is 0. The van der Waals surface area contributed by atoms with Gasteiger partial charge in [0.25, 0.3) is 0 Å². The molecule has 0 N–H and O–H groups in total. The quantitative estimate of drug-likeness (QED) is 0.762. The molecule has 1 aromatic rings. The van der Waals surface area contributed by atoms with Gasteiger partial charge in [-0.25, -0.2) is 0 Å². The highest BCUT2D eigenvalue weighted by atomic mass is 32.3. The van der Waals surface area contributed by atoms with E-state index in [1.54, 1.807) is 0 Å². The Kier molecular flexibility index (Phi) is 3.15. The van der Waals surface area contributed by atoms with Crippen LogP contribution in [0.2, 0.25) is 0 Å². The Morgan fingerprint density at radius 3 is 2.47 bits per heavy atom. The van der Waals surface area contributed by atoms with Crippen molar-refractivity contribution in [3.8, 4) is 0 Å². The summed E-state index contributed by atoms with van der Waals surface area (Å²) in [6.45, 7) is 0.262. The highest BCUT2D eigenvalue weighted by Crippen LogP contribution is 2.21. The van der Waals surface area contributed by atoms with Crippen LogP contribution in [0.5, 0.6) is 0 Å². The van der Waals surface area contributed by atoms with Gasteiger partial charge in [0, 0.05) is 19.5 Å². The zero-order valence-electron chi connectivity index (χ0n) is 9.04. The average Bonchev–Trinajstić information content (AvgIpc) is 2.62. The third kappa shape index (κ3) is 2.82. The van der Waals surface area contributed by atoms with Crippen LogP contribution >= 0.6 is 0 Å². The molecule has 1 aliphatic heterocycles. The Balaban J connectivity index is 2.07.